The predicted octanol–water partition coefficient (Wildman–Crippen LogP) is 1.55. The van der Waals surface area contributed by atoms with Gasteiger partial charge in [-0.05, 0) is 24.6 Å². The van der Waals surface area contributed by atoms with Crippen LogP contribution in [0.2, 0.25) is 0 Å². The normalized spacial score (nSPS) is 10.3. The summed E-state index contributed by atoms with van der Waals surface area (Å²) in [6.07, 6.45) is 0.405. The van der Waals surface area contributed by atoms with Gasteiger partial charge in [0.05, 0.1) is 0 Å². The summed E-state index contributed by atoms with van der Waals surface area (Å²) in [6, 6.07) is 6.66. The van der Waals surface area contributed by atoms with Gasteiger partial charge in [-0.3, -0.25) is 9.59 Å². The largest absolute Gasteiger partial charge is 0.485 e. The standard InChI is InChI=1S/C15H17N3O5/c1-10-17-13(18-23-10)9-22-12-5-2-4-11(8-12)15(21)16-7-3-6-14(19)20/h2,4-5,8H,3,6-7,9H2,1H3,(H,16,21)(H,19,20). The van der Waals surface area contributed by atoms with E-state index in [9.17, 15) is 9.59 Å². The molecular weight excluding hydrogens is 302 g/mol. The smallest absolute Gasteiger partial charge is 0.303 e. The third-order valence-corrected chi connectivity index (χ3v) is 2.89. The summed E-state index contributed by atoms with van der Waals surface area (Å²) in [6.45, 7) is 2.13. The lowest BCUT2D eigenvalue weighted by Crippen LogP contribution is -2.24. The molecule has 122 valence electrons. The number of nitrogens with one attached hydrogen (secondary N) is 1. The van der Waals surface area contributed by atoms with E-state index in [-0.39, 0.29) is 18.9 Å². The summed E-state index contributed by atoms with van der Waals surface area (Å²) in [5, 5.41) is 14.9. The number of ether oxygens (including phenoxy) is 1. The van der Waals surface area contributed by atoms with Gasteiger partial charge in [0, 0.05) is 25.5 Å². The molecule has 1 aromatic heterocycles. The third-order valence-electron chi connectivity index (χ3n) is 2.89. The Labute approximate surface area is 132 Å². The highest BCUT2D eigenvalue weighted by molar-refractivity contribution is 5.94. The summed E-state index contributed by atoms with van der Waals surface area (Å²) >= 11 is 0. The van der Waals surface area contributed by atoms with Crippen LogP contribution >= 0.6 is 0 Å². The first kappa shape index (κ1) is 16.5. The number of aromatic nitrogens is 2. The first-order valence-corrected chi connectivity index (χ1v) is 7.06. The highest BCUT2D eigenvalue weighted by Crippen LogP contribution is 2.14. The number of carboxylic acids is 1. The predicted molar refractivity (Wildman–Crippen MR) is 79.0 cm³/mol. The molecule has 0 fully saturated rings. The van der Waals surface area contributed by atoms with Gasteiger partial charge in [0.15, 0.2) is 6.61 Å². The van der Waals surface area contributed by atoms with E-state index in [1.54, 1.807) is 31.2 Å². The number of aryl methyl sites for hydroxylation is 1. The molecule has 2 N–H and O–H groups in total. The number of rotatable bonds is 8. The Kier molecular flexibility index (Phi) is 5.67. The minimum Gasteiger partial charge on any atom is -0.485 e. The number of carboxylic acid groups (broad SMARTS) is 1. The quantitative estimate of drug-likeness (QED) is 0.709. The van der Waals surface area contributed by atoms with Crippen molar-refractivity contribution < 1.29 is 24.0 Å². The zero-order valence-corrected chi connectivity index (χ0v) is 12.6. The first-order chi connectivity index (χ1) is 11.0. The number of amides is 1. The maximum Gasteiger partial charge on any atom is 0.303 e. The molecule has 0 saturated carbocycles. The van der Waals surface area contributed by atoms with Gasteiger partial charge in [-0.15, -0.1) is 0 Å². The minimum atomic E-state index is -0.883. The molecule has 0 atom stereocenters. The van der Waals surface area contributed by atoms with Gasteiger partial charge in [-0.25, -0.2) is 0 Å². The van der Waals surface area contributed by atoms with Crippen molar-refractivity contribution in [1.82, 2.24) is 15.5 Å². The summed E-state index contributed by atoms with van der Waals surface area (Å²) in [5.74, 6) is 0.220. The molecule has 0 aliphatic rings. The number of hydrogen-bond acceptors (Lipinski definition) is 6. The number of benzene rings is 1. The number of nitrogens with zero attached hydrogens (tertiary/aromatic N) is 2. The molecule has 2 aromatic rings. The average molecular weight is 319 g/mol. The van der Waals surface area contributed by atoms with Crippen molar-refractivity contribution in [3.63, 3.8) is 0 Å². The van der Waals surface area contributed by atoms with Crippen LogP contribution in [0.3, 0.4) is 0 Å². The van der Waals surface area contributed by atoms with Crippen molar-refractivity contribution in [3.05, 3.63) is 41.5 Å². The molecule has 0 aliphatic carbocycles. The molecule has 0 aliphatic heterocycles. The van der Waals surface area contributed by atoms with Crippen LogP contribution in [0.25, 0.3) is 0 Å². The van der Waals surface area contributed by atoms with Gasteiger partial charge in [0.2, 0.25) is 11.7 Å². The van der Waals surface area contributed by atoms with Crippen molar-refractivity contribution >= 4 is 11.9 Å². The second kappa shape index (κ2) is 7.92. The van der Waals surface area contributed by atoms with E-state index in [1.807, 2.05) is 0 Å². The molecule has 0 bridgehead atoms. The molecular formula is C15H17N3O5. The fourth-order valence-electron chi connectivity index (χ4n) is 1.82. The number of carbonyl (C=O) groups excluding carboxylic acids is 1. The molecule has 0 unspecified atom stereocenters. The zero-order chi connectivity index (χ0) is 16.7. The monoisotopic (exact) mass is 319 g/mol. The van der Waals surface area contributed by atoms with Gasteiger partial charge in [-0.2, -0.15) is 4.98 Å². The molecule has 1 heterocycles. The Balaban J connectivity index is 1.85. The van der Waals surface area contributed by atoms with Crippen LogP contribution in [0.4, 0.5) is 0 Å². The second-order valence-corrected chi connectivity index (χ2v) is 4.80. The number of carbonyl (C=O) groups is 2. The average Bonchev–Trinajstić information content (AvgIpc) is 2.95. The van der Waals surface area contributed by atoms with E-state index in [0.29, 0.717) is 36.0 Å². The zero-order valence-electron chi connectivity index (χ0n) is 12.6. The van der Waals surface area contributed by atoms with Crippen molar-refractivity contribution in [3.8, 4) is 5.75 Å². The maximum absolute atomic E-state index is 12.0. The van der Waals surface area contributed by atoms with E-state index < -0.39 is 5.97 Å². The highest BCUT2D eigenvalue weighted by atomic mass is 16.5. The van der Waals surface area contributed by atoms with E-state index in [2.05, 4.69) is 15.5 Å². The molecule has 0 saturated heterocycles. The summed E-state index contributed by atoms with van der Waals surface area (Å²) < 4.78 is 10.4. The Bertz CT molecular complexity index is 683. The second-order valence-electron chi connectivity index (χ2n) is 4.80. The van der Waals surface area contributed by atoms with Crippen molar-refractivity contribution in [2.24, 2.45) is 0 Å². The van der Waals surface area contributed by atoms with E-state index in [1.165, 1.54) is 0 Å². The molecule has 8 nitrogen and oxygen atoms in total. The molecule has 0 radical (unpaired) electrons. The van der Waals surface area contributed by atoms with E-state index >= 15 is 0 Å². The SMILES string of the molecule is Cc1nc(COc2cccc(C(=O)NCCCC(=O)O)c2)no1. The fraction of sp³-hybridized carbons (Fsp3) is 0.333. The topological polar surface area (TPSA) is 115 Å². The Morgan fingerprint density at radius 2 is 2.22 bits per heavy atom. The van der Waals surface area contributed by atoms with Crippen LogP contribution in [0.1, 0.15) is 34.9 Å². The van der Waals surface area contributed by atoms with E-state index in [0.717, 1.165) is 0 Å². The van der Waals surface area contributed by atoms with Crippen LogP contribution in [0.15, 0.2) is 28.8 Å². The first-order valence-electron chi connectivity index (χ1n) is 7.06. The Morgan fingerprint density at radius 1 is 1.39 bits per heavy atom. The summed E-state index contributed by atoms with van der Waals surface area (Å²) in [7, 11) is 0. The Morgan fingerprint density at radius 3 is 2.91 bits per heavy atom. The van der Waals surface area contributed by atoms with Gasteiger partial charge < -0.3 is 19.7 Å². The minimum absolute atomic E-state index is 0.0214. The van der Waals surface area contributed by atoms with Gasteiger partial charge >= 0.3 is 5.97 Å². The molecule has 2 rings (SSSR count). The van der Waals surface area contributed by atoms with Crippen LogP contribution in [0, 0.1) is 6.92 Å². The summed E-state index contributed by atoms with van der Waals surface area (Å²) in [5.41, 5.74) is 0.433. The molecule has 0 spiro atoms. The van der Waals surface area contributed by atoms with Crippen molar-refractivity contribution in [1.29, 1.82) is 0 Å². The van der Waals surface area contributed by atoms with Gasteiger partial charge in [0.25, 0.3) is 5.91 Å². The lowest BCUT2D eigenvalue weighted by Gasteiger charge is -2.07. The third kappa shape index (κ3) is 5.42. The highest BCUT2D eigenvalue weighted by Gasteiger charge is 2.08. The van der Waals surface area contributed by atoms with E-state index in [4.69, 9.17) is 14.4 Å². The fourth-order valence-corrected chi connectivity index (χ4v) is 1.82. The lowest BCUT2D eigenvalue weighted by molar-refractivity contribution is -0.137. The van der Waals surface area contributed by atoms with Crippen LogP contribution in [-0.4, -0.2) is 33.7 Å². The van der Waals surface area contributed by atoms with Crippen LogP contribution < -0.4 is 10.1 Å². The number of aliphatic carboxylic acids is 1. The molecule has 1 aromatic carbocycles. The van der Waals surface area contributed by atoms with Crippen molar-refractivity contribution in [2.75, 3.05) is 6.54 Å². The lowest BCUT2D eigenvalue weighted by atomic mass is 10.2. The Hall–Kier alpha value is -2.90. The molecule has 23 heavy (non-hydrogen) atoms. The number of hydrogen-bond donors (Lipinski definition) is 2. The van der Waals surface area contributed by atoms with Crippen molar-refractivity contribution in [2.45, 2.75) is 26.4 Å². The maximum atomic E-state index is 12.0. The summed E-state index contributed by atoms with van der Waals surface area (Å²) in [4.78, 5) is 26.4. The van der Waals surface area contributed by atoms with Crippen LogP contribution in [0.5, 0.6) is 5.75 Å². The van der Waals surface area contributed by atoms with Gasteiger partial charge in [-0.1, -0.05) is 11.2 Å². The molecule has 8 heteroatoms. The molecule has 1 amide bonds. The van der Waals surface area contributed by atoms with Gasteiger partial charge in [0.1, 0.15) is 5.75 Å². The van der Waals surface area contributed by atoms with Crippen LogP contribution in [-0.2, 0) is 11.4 Å².